The van der Waals surface area contributed by atoms with Crippen LogP contribution in [0.3, 0.4) is 0 Å². The number of hydrogen-bond acceptors (Lipinski definition) is 1. The number of H-pyrrole nitrogens is 2. The van der Waals surface area contributed by atoms with Gasteiger partial charge >= 0.3 is 0 Å². The molecule has 0 fully saturated rings. The first-order chi connectivity index (χ1) is 6.25. The number of nitrogens with one attached hydrogen (secondary N) is 2. The Morgan fingerprint density at radius 1 is 1.31 bits per heavy atom. The van der Waals surface area contributed by atoms with Gasteiger partial charge in [0.2, 0.25) is 0 Å². The lowest BCUT2D eigenvalue weighted by Gasteiger charge is -1.95. The fraction of sp³-hybridized carbons (Fsp3) is 0. The lowest BCUT2D eigenvalue weighted by molar-refractivity contribution is 0.628. The average molecular weight is 194 g/mol. The lowest BCUT2D eigenvalue weighted by Crippen LogP contribution is -1.78. The van der Waals surface area contributed by atoms with Crippen molar-refractivity contribution in [3.05, 3.63) is 41.1 Å². The standard InChI is InChI=1S/C9H7FN2S/c10-7-3-1-2-6(4-7)8-5-11-9(13)12-8/h1-5H,(H2,11,12,13). The van der Waals surface area contributed by atoms with Gasteiger partial charge in [0, 0.05) is 11.8 Å². The third-order valence-corrected chi connectivity index (χ3v) is 1.95. The van der Waals surface area contributed by atoms with E-state index in [1.165, 1.54) is 12.1 Å². The summed E-state index contributed by atoms with van der Waals surface area (Å²) in [7, 11) is 0. The molecule has 2 rings (SSSR count). The molecule has 13 heavy (non-hydrogen) atoms. The summed E-state index contributed by atoms with van der Waals surface area (Å²) >= 11 is 4.86. The first kappa shape index (κ1) is 8.19. The molecule has 0 aliphatic rings. The van der Waals surface area contributed by atoms with E-state index in [1.54, 1.807) is 12.3 Å². The molecule has 1 aromatic heterocycles. The molecule has 0 saturated heterocycles. The summed E-state index contributed by atoms with van der Waals surface area (Å²) in [5.74, 6) is -0.252. The predicted octanol–water partition coefficient (Wildman–Crippen LogP) is 2.88. The van der Waals surface area contributed by atoms with Crippen LogP contribution in [0.15, 0.2) is 30.5 Å². The highest BCUT2D eigenvalue weighted by Crippen LogP contribution is 2.16. The molecule has 1 aromatic carbocycles. The van der Waals surface area contributed by atoms with Gasteiger partial charge in [-0.25, -0.2) is 4.39 Å². The average Bonchev–Trinajstić information content (AvgIpc) is 2.52. The van der Waals surface area contributed by atoms with E-state index >= 15 is 0 Å². The van der Waals surface area contributed by atoms with Crippen molar-refractivity contribution in [3.63, 3.8) is 0 Å². The van der Waals surface area contributed by atoms with E-state index in [9.17, 15) is 4.39 Å². The molecule has 0 spiro atoms. The van der Waals surface area contributed by atoms with Gasteiger partial charge in [-0.3, -0.25) is 0 Å². The van der Waals surface area contributed by atoms with E-state index in [0.717, 1.165) is 11.3 Å². The van der Waals surface area contributed by atoms with Crippen molar-refractivity contribution >= 4 is 12.2 Å². The number of aromatic amines is 2. The zero-order chi connectivity index (χ0) is 9.26. The molecule has 0 bridgehead atoms. The number of aromatic nitrogens is 2. The number of halogens is 1. The van der Waals surface area contributed by atoms with Crippen molar-refractivity contribution in [2.24, 2.45) is 0 Å². The minimum Gasteiger partial charge on any atom is -0.337 e. The van der Waals surface area contributed by atoms with Crippen LogP contribution in [0.25, 0.3) is 11.3 Å². The normalized spacial score (nSPS) is 10.2. The second kappa shape index (κ2) is 3.14. The highest BCUT2D eigenvalue weighted by atomic mass is 32.1. The van der Waals surface area contributed by atoms with Gasteiger partial charge in [-0.2, -0.15) is 0 Å². The van der Waals surface area contributed by atoms with Crippen LogP contribution in [0.4, 0.5) is 4.39 Å². The van der Waals surface area contributed by atoms with Crippen LogP contribution >= 0.6 is 12.2 Å². The summed E-state index contributed by atoms with van der Waals surface area (Å²) in [5, 5.41) is 0. The largest absolute Gasteiger partial charge is 0.337 e. The third-order valence-electron chi connectivity index (χ3n) is 1.73. The first-order valence-electron chi connectivity index (χ1n) is 3.79. The highest BCUT2D eigenvalue weighted by Gasteiger charge is 1.99. The van der Waals surface area contributed by atoms with Gasteiger partial charge in [0.05, 0.1) is 5.69 Å². The molecule has 2 aromatic rings. The monoisotopic (exact) mass is 194 g/mol. The van der Waals surface area contributed by atoms with Gasteiger partial charge in [0.15, 0.2) is 4.77 Å². The summed E-state index contributed by atoms with van der Waals surface area (Å²) in [6.45, 7) is 0. The number of benzene rings is 1. The second-order valence-electron chi connectivity index (χ2n) is 2.67. The van der Waals surface area contributed by atoms with Crippen LogP contribution in [-0.2, 0) is 0 Å². The number of imidazole rings is 1. The summed E-state index contributed by atoms with van der Waals surface area (Å²) in [6.07, 6.45) is 1.72. The molecule has 0 radical (unpaired) electrons. The Balaban J connectivity index is 2.52. The van der Waals surface area contributed by atoms with Crippen molar-refractivity contribution < 1.29 is 4.39 Å². The maximum absolute atomic E-state index is 12.8. The second-order valence-corrected chi connectivity index (χ2v) is 3.08. The van der Waals surface area contributed by atoms with Crippen LogP contribution in [0, 0.1) is 10.6 Å². The number of hydrogen-bond donors (Lipinski definition) is 2. The SMILES string of the molecule is Fc1cccc(-c2c[nH]c(=S)[nH]2)c1. The zero-order valence-electron chi connectivity index (χ0n) is 6.67. The molecule has 0 aliphatic carbocycles. The van der Waals surface area contributed by atoms with Crippen molar-refractivity contribution in [3.8, 4) is 11.3 Å². The number of rotatable bonds is 1. The molecule has 2 N–H and O–H groups in total. The van der Waals surface area contributed by atoms with E-state index in [0.29, 0.717) is 4.77 Å². The van der Waals surface area contributed by atoms with Crippen molar-refractivity contribution in [1.29, 1.82) is 0 Å². The van der Waals surface area contributed by atoms with Crippen LogP contribution in [0.1, 0.15) is 0 Å². The van der Waals surface area contributed by atoms with E-state index in [1.807, 2.05) is 6.07 Å². The molecule has 0 amide bonds. The summed E-state index contributed by atoms with van der Waals surface area (Å²) in [4.78, 5) is 5.74. The third kappa shape index (κ3) is 1.67. The summed E-state index contributed by atoms with van der Waals surface area (Å²) < 4.78 is 13.4. The quantitative estimate of drug-likeness (QED) is 0.672. The van der Waals surface area contributed by atoms with Gasteiger partial charge in [-0.15, -0.1) is 0 Å². The van der Waals surface area contributed by atoms with Crippen LogP contribution in [0.2, 0.25) is 0 Å². The maximum atomic E-state index is 12.8. The molecule has 0 saturated carbocycles. The minimum absolute atomic E-state index is 0.252. The van der Waals surface area contributed by atoms with Gasteiger partial charge in [-0.1, -0.05) is 12.1 Å². The van der Waals surface area contributed by atoms with Crippen molar-refractivity contribution in [2.75, 3.05) is 0 Å². The van der Waals surface area contributed by atoms with Crippen LogP contribution in [0.5, 0.6) is 0 Å². The Labute approximate surface area is 79.4 Å². The molecule has 0 aliphatic heterocycles. The fourth-order valence-corrected chi connectivity index (χ4v) is 1.31. The van der Waals surface area contributed by atoms with Gasteiger partial charge < -0.3 is 9.97 Å². The Bertz CT molecular complexity index is 472. The topological polar surface area (TPSA) is 31.6 Å². The first-order valence-corrected chi connectivity index (χ1v) is 4.20. The summed E-state index contributed by atoms with van der Waals surface area (Å²) in [6, 6.07) is 6.34. The van der Waals surface area contributed by atoms with Gasteiger partial charge in [0.1, 0.15) is 5.82 Å². The Morgan fingerprint density at radius 3 is 2.77 bits per heavy atom. The predicted molar refractivity (Wildman–Crippen MR) is 51.4 cm³/mol. The van der Waals surface area contributed by atoms with Gasteiger partial charge in [0.25, 0.3) is 0 Å². The smallest absolute Gasteiger partial charge is 0.174 e. The van der Waals surface area contributed by atoms with E-state index < -0.39 is 0 Å². The van der Waals surface area contributed by atoms with Gasteiger partial charge in [-0.05, 0) is 24.4 Å². The van der Waals surface area contributed by atoms with E-state index in [2.05, 4.69) is 9.97 Å². The van der Waals surface area contributed by atoms with Crippen LogP contribution < -0.4 is 0 Å². The molecule has 1 heterocycles. The Kier molecular flexibility index (Phi) is 1.98. The lowest BCUT2D eigenvalue weighted by atomic mass is 10.2. The molecule has 0 atom stereocenters. The molecule has 66 valence electrons. The van der Waals surface area contributed by atoms with Crippen molar-refractivity contribution in [1.82, 2.24) is 9.97 Å². The van der Waals surface area contributed by atoms with E-state index in [-0.39, 0.29) is 5.82 Å². The maximum Gasteiger partial charge on any atom is 0.174 e. The Hall–Kier alpha value is -1.42. The Morgan fingerprint density at radius 2 is 2.15 bits per heavy atom. The summed E-state index contributed by atoms with van der Waals surface area (Å²) in [5.41, 5.74) is 1.58. The fourth-order valence-electron chi connectivity index (χ4n) is 1.14. The molecule has 4 heteroatoms. The minimum atomic E-state index is -0.252. The molecular formula is C9H7FN2S. The van der Waals surface area contributed by atoms with E-state index in [4.69, 9.17) is 12.2 Å². The molecule has 0 unspecified atom stereocenters. The molecular weight excluding hydrogens is 187 g/mol. The zero-order valence-corrected chi connectivity index (χ0v) is 7.49. The van der Waals surface area contributed by atoms with Crippen molar-refractivity contribution in [2.45, 2.75) is 0 Å². The van der Waals surface area contributed by atoms with Crippen LogP contribution in [-0.4, -0.2) is 9.97 Å². The highest BCUT2D eigenvalue weighted by molar-refractivity contribution is 7.71. The molecule has 2 nitrogen and oxygen atoms in total.